The van der Waals surface area contributed by atoms with Gasteiger partial charge in [-0.2, -0.15) is 0 Å². The summed E-state index contributed by atoms with van der Waals surface area (Å²) in [5.41, 5.74) is 1.01. The van der Waals surface area contributed by atoms with E-state index in [0.717, 1.165) is 42.7 Å². The molecular formula is C18H28O4. The Morgan fingerprint density at radius 1 is 1.05 bits per heavy atom. The maximum atomic E-state index is 11.1. The predicted molar refractivity (Wildman–Crippen MR) is 87.9 cm³/mol. The second-order valence-electron chi connectivity index (χ2n) is 5.49. The molecule has 0 saturated heterocycles. The van der Waals surface area contributed by atoms with Crippen molar-refractivity contribution < 1.29 is 19.4 Å². The van der Waals surface area contributed by atoms with E-state index in [4.69, 9.17) is 14.6 Å². The van der Waals surface area contributed by atoms with Crippen molar-refractivity contribution in [2.75, 3.05) is 13.2 Å². The first kappa shape index (κ1) is 18.3. The molecule has 0 fully saturated rings. The molecule has 1 unspecified atom stereocenters. The highest BCUT2D eigenvalue weighted by atomic mass is 16.5. The van der Waals surface area contributed by atoms with Gasteiger partial charge in [-0.25, -0.2) is 0 Å². The van der Waals surface area contributed by atoms with E-state index >= 15 is 0 Å². The lowest BCUT2D eigenvalue weighted by Crippen LogP contribution is -2.08. The van der Waals surface area contributed by atoms with Crippen molar-refractivity contribution in [2.24, 2.45) is 0 Å². The van der Waals surface area contributed by atoms with Crippen molar-refractivity contribution in [1.82, 2.24) is 0 Å². The second kappa shape index (κ2) is 10.1. The highest BCUT2D eigenvalue weighted by Crippen LogP contribution is 2.34. The minimum atomic E-state index is -0.763. The third-order valence-electron chi connectivity index (χ3n) is 3.42. The number of hydrogen-bond donors (Lipinski definition) is 1. The third-order valence-corrected chi connectivity index (χ3v) is 3.42. The highest BCUT2D eigenvalue weighted by Gasteiger charge is 2.17. The van der Waals surface area contributed by atoms with Gasteiger partial charge in [-0.15, -0.1) is 0 Å². The molecule has 0 spiro atoms. The Labute approximate surface area is 133 Å². The molecule has 0 heterocycles. The van der Waals surface area contributed by atoms with E-state index in [-0.39, 0.29) is 12.3 Å². The van der Waals surface area contributed by atoms with E-state index in [0.29, 0.717) is 13.2 Å². The van der Waals surface area contributed by atoms with Gasteiger partial charge in [0.1, 0.15) is 0 Å². The van der Waals surface area contributed by atoms with Crippen molar-refractivity contribution in [3.05, 3.63) is 23.8 Å². The molecule has 124 valence electrons. The summed E-state index contributed by atoms with van der Waals surface area (Å²) in [6.45, 7) is 7.46. The fourth-order valence-corrected chi connectivity index (χ4v) is 2.38. The Balaban J connectivity index is 3.00. The van der Waals surface area contributed by atoms with Gasteiger partial charge >= 0.3 is 5.97 Å². The average Bonchev–Trinajstić information content (AvgIpc) is 2.50. The number of carboxylic acids is 1. The zero-order valence-corrected chi connectivity index (χ0v) is 13.9. The number of benzene rings is 1. The molecule has 4 nitrogen and oxygen atoms in total. The van der Waals surface area contributed by atoms with E-state index in [9.17, 15) is 4.79 Å². The molecule has 0 aromatic heterocycles. The standard InChI is InChI=1S/C18H28O4/c1-4-7-14(13-18(19)20)15-8-9-16(21-10-5-2)17(12-15)22-11-6-3/h8-9,12,14H,4-7,10-11,13H2,1-3H3,(H,19,20). The summed E-state index contributed by atoms with van der Waals surface area (Å²) < 4.78 is 11.5. The molecule has 0 radical (unpaired) electrons. The molecule has 1 rings (SSSR count). The molecule has 1 atom stereocenters. The van der Waals surface area contributed by atoms with Crippen molar-refractivity contribution in [3.63, 3.8) is 0 Å². The van der Waals surface area contributed by atoms with Crippen LogP contribution in [0.4, 0.5) is 0 Å². The molecule has 0 bridgehead atoms. The zero-order chi connectivity index (χ0) is 16.4. The van der Waals surface area contributed by atoms with Crippen LogP contribution in [-0.4, -0.2) is 24.3 Å². The minimum absolute atomic E-state index is 0.0201. The van der Waals surface area contributed by atoms with Crippen LogP contribution in [0, 0.1) is 0 Å². The Morgan fingerprint density at radius 3 is 2.23 bits per heavy atom. The number of hydrogen-bond acceptors (Lipinski definition) is 3. The zero-order valence-electron chi connectivity index (χ0n) is 13.9. The van der Waals surface area contributed by atoms with Gasteiger partial charge in [-0.3, -0.25) is 4.79 Å². The molecule has 1 aromatic carbocycles. The lowest BCUT2D eigenvalue weighted by molar-refractivity contribution is -0.137. The lowest BCUT2D eigenvalue weighted by atomic mass is 9.91. The molecule has 1 aromatic rings. The molecule has 0 aliphatic carbocycles. The molecule has 0 saturated carbocycles. The molecule has 22 heavy (non-hydrogen) atoms. The summed E-state index contributed by atoms with van der Waals surface area (Å²) >= 11 is 0. The molecule has 0 aliphatic heterocycles. The number of carbonyl (C=O) groups is 1. The van der Waals surface area contributed by atoms with Crippen molar-refractivity contribution in [3.8, 4) is 11.5 Å². The molecule has 0 amide bonds. The van der Waals surface area contributed by atoms with Crippen LogP contribution >= 0.6 is 0 Å². The first-order valence-electron chi connectivity index (χ1n) is 8.23. The number of rotatable bonds is 11. The second-order valence-corrected chi connectivity index (χ2v) is 5.49. The van der Waals surface area contributed by atoms with Gasteiger partial charge in [0.05, 0.1) is 19.6 Å². The normalized spacial score (nSPS) is 12.0. The van der Waals surface area contributed by atoms with E-state index in [1.807, 2.05) is 18.2 Å². The van der Waals surface area contributed by atoms with Gasteiger partial charge in [-0.05, 0) is 42.9 Å². The summed E-state index contributed by atoms with van der Waals surface area (Å²) in [7, 11) is 0. The van der Waals surface area contributed by atoms with Crippen LogP contribution in [0.15, 0.2) is 18.2 Å². The maximum Gasteiger partial charge on any atom is 0.303 e. The number of ether oxygens (including phenoxy) is 2. The predicted octanol–water partition coefficient (Wildman–Crippen LogP) is 4.62. The minimum Gasteiger partial charge on any atom is -0.490 e. The van der Waals surface area contributed by atoms with Gasteiger partial charge < -0.3 is 14.6 Å². The van der Waals surface area contributed by atoms with Crippen LogP contribution in [0.25, 0.3) is 0 Å². The highest BCUT2D eigenvalue weighted by molar-refractivity contribution is 5.68. The summed E-state index contributed by atoms with van der Waals surface area (Å²) in [4.78, 5) is 11.1. The van der Waals surface area contributed by atoms with Crippen molar-refractivity contribution in [1.29, 1.82) is 0 Å². The smallest absolute Gasteiger partial charge is 0.303 e. The maximum absolute atomic E-state index is 11.1. The van der Waals surface area contributed by atoms with Crippen LogP contribution in [0.1, 0.15) is 64.4 Å². The summed E-state index contributed by atoms with van der Waals surface area (Å²) in [6.07, 6.45) is 3.82. The van der Waals surface area contributed by atoms with E-state index in [1.165, 1.54) is 0 Å². The van der Waals surface area contributed by atoms with E-state index in [1.54, 1.807) is 0 Å². The molecule has 0 aliphatic rings. The van der Waals surface area contributed by atoms with Crippen molar-refractivity contribution in [2.45, 2.75) is 58.8 Å². The average molecular weight is 308 g/mol. The fourth-order valence-electron chi connectivity index (χ4n) is 2.38. The molecule has 1 N–H and O–H groups in total. The first-order chi connectivity index (χ1) is 10.6. The lowest BCUT2D eigenvalue weighted by Gasteiger charge is -2.18. The van der Waals surface area contributed by atoms with Gasteiger partial charge in [0, 0.05) is 0 Å². The Morgan fingerprint density at radius 2 is 1.68 bits per heavy atom. The Bertz CT molecular complexity index is 456. The van der Waals surface area contributed by atoms with Crippen LogP contribution in [0.5, 0.6) is 11.5 Å². The summed E-state index contributed by atoms with van der Waals surface area (Å²) in [5, 5.41) is 9.10. The summed E-state index contributed by atoms with van der Waals surface area (Å²) in [6, 6.07) is 5.82. The van der Waals surface area contributed by atoms with Crippen LogP contribution in [-0.2, 0) is 4.79 Å². The topological polar surface area (TPSA) is 55.8 Å². The van der Waals surface area contributed by atoms with E-state index in [2.05, 4.69) is 20.8 Å². The van der Waals surface area contributed by atoms with Crippen LogP contribution in [0.3, 0.4) is 0 Å². The third kappa shape index (κ3) is 5.96. The van der Waals surface area contributed by atoms with Crippen LogP contribution < -0.4 is 9.47 Å². The number of carboxylic acid groups (broad SMARTS) is 1. The van der Waals surface area contributed by atoms with E-state index < -0.39 is 5.97 Å². The molecular weight excluding hydrogens is 280 g/mol. The summed E-state index contributed by atoms with van der Waals surface area (Å²) in [5.74, 6) is 0.719. The van der Waals surface area contributed by atoms with Gasteiger partial charge in [-0.1, -0.05) is 33.3 Å². The fraction of sp³-hybridized carbons (Fsp3) is 0.611. The van der Waals surface area contributed by atoms with Gasteiger partial charge in [0.25, 0.3) is 0 Å². The Kier molecular flexibility index (Phi) is 8.41. The Hall–Kier alpha value is -1.71. The van der Waals surface area contributed by atoms with Gasteiger partial charge in [0.15, 0.2) is 11.5 Å². The first-order valence-corrected chi connectivity index (χ1v) is 8.23. The number of aliphatic carboxylic acids is 1. The van der Waals surface area contributed by atoms with Gasteiger partial charge in [0.2, 0.25) is 0 Å². The largest absolute Gasteiger partial charge is 0.490 e. The molecule has 4 heteroatoms. The van der Waals surface area contributed by atoms with Crippen LogP contribution in [0.2, 0.25) is 0 Å². The van der Waals surface area contributed by atoms with Crippen molar-refractivity contribution >= 4 is 5.97 Å². The monoisotopic (exact) mass is 308 g/mol. The SMILES string of the molecule is CCCOc1ccc(C(CCC)CC(=O)O)cc1OCCC. The quantitative estimate of drug-likeness (QED) is 0.648.